The molecule has 0 saturated carbocycles. The molecule has 4 nitrogen and oxygen atoms in total. The average Bonchev–Trinajstić information content (AvgIpc) is 3.80. The Labute approximate surface area is 314 Å². The Morgan fingerprint density at radius 1 is 0.352 bits per heavy atom. The van der Waals surface area contributed by atoms with E-state index in [-0.39, 0.29) is 0 Å². The molecule has 7 aromatic carbocycles. The van der Waals surface area contributed by atoms with E-state index in [1.54, 1.807) is 0 Å². The molecule has 0 saturated heterocycles. The van der Waals surface area contributed by atoms with Gasteiger partial charge in [0.1, 0.15) is 11.5 Å². The van der Waals surface area contributed by atoms with Gasteiger partial charge < -0.3 is 4.42 Å². The summed E-state index contributed by atoms with van der Waals surface area (Å²) in [5.74, 6) is 3.58. The number of hydrogen-bond donors (Lipinski definition) is 0. The first-order valence-electron chi connectivity index (χ1n) is 18.2. The number of nitrogens with zero attached hydrogens (tertiary/aromatic N) is 3. The Balaban J connectivity index is 1.31. The Morgan fingerprint density at radius 2 is 0.741 bits per heavy atom. The van der Waals surface area contributed by atoms with Crippen LogP contribution in [0.25, 0.3) is 67.9 Å². The second-order valence-corrected chi connectivity index (χ2v) is 13.5. The number of benzene rings is 7. The number of rotatable bonds is 7. The second-order valence-electron chi connectivity index (χ2n) is 13.5. The normalized spacial score (nSPS) is 12.6. The molecule has 10 rings (SSSR count). The minimum atomic E-state index is -0.734. The highest BCUT2D eigenvalue weighted by Gasteiger charge is 2.51. The minimum Gasteiger partial charge on any atom is -0.455 e. The quantitative estimate of drug-likeness (QED) is 0.167. The van der Waals surface area contributed by atoms with E-state index in [0.29, 0.717) is 17.5 Å². The Kier molecular flexibility index (Phi) is 7.66. The van der Waals surface area contributed by atoms with Gasteiger partial charge in [-0.15, -0.1) is 0 Å². The zero-order valence-corrected chi connectivity index (χ0v) is 29.3. The van der Waals surface area contributed by atoms with Crippen molar-refractivity contribution in [2.24, 2.45) is 0 Å². The number of fused-ring (bicyclic) bond motifs is 3. The molecule has 4 heteroatoms. The van der Waals surface area contributed by atoms with E-state index >= 15 is 0 Å². The van der Waals surface area contributed by atoms with Crippen LogP contribution in [0.4, 0.5) is 0 Å². The maximum Gasteiger partial charge on any atom is 0.164 e. The maximum absolute atomic E-state index is 7.13. The third kappa shape index (κ3) is 5.11. The summed E-state index contributed by atoms with van der Waals surface area (Å²) < 4.78 is 7.13. The molecule has 0 aliphatic heterocycles. The molecule has 254 valence electrons. The minimum absolute atomic E-state index is 0.614. The van der Waals surface area contributed by atoms with Gasteiger partial charge in [-0.05, 0) is 28.3 Å². The molecule has 2 heterocycles. The molecule has 0 radical (unpaired) electrons. The van der Waals surface area contributed by atoms with Gasteiger partial charge in [-0.1, -0.05) is 194 Å². The lowest BCUT2D eigenvalue weighted by Crippen LogP contribution is -2.29. The van der Waals surface area contributed by atoms with Gasteiger partial charge in [0.05, 0.1) is 5.41 Å². The van der Waals surface area contributed by atoms with Crippen LogP contribution in [0.2, 0.25) is 0 Å². The topological polar surface area (TPSA) is 51.8 Å². The van der Waals surface area contributed by atoms with E-state index in [2.05, 4.69) is 133 Å². The summed E-state index contributed by atoms with van der Waals surface area (Å²) in [5, 5.41) is 0. The fourth-order valence-electron chi connectivity index (χ4n) is 8.06. The van der Waals surface area contributed by atoms with Gasteiger partial charge in [0.2, 0.25) is 0 Å². The van der Waals surface area contributed by atoms with Crippen LogP contribution in [-0.4, -0.2) is 15.0 Å². The van der Waals surface area contributed by atoms with Crippen molar-refractivity contribution in [3.63, 3.8) is 0 Å². The van der Waals surface area contributed by atoms with Crippen LogP contribution in [0.1, 0.15) is 22.3 Å². The van der Waals surface area contributed by atoms with Crippen molar-refractivity contribution in [2.45, 2.75) is 5.41 Å². The zero-order chi connectivity index (χ0) is 35.9. The molecule has 1 aliphatic rings. The lowest BCUT2D eigenvalue weighted by atomic mass is 9.67. The molecule has 0 fully saturated rings. The fraction of sp³-hybridized carbons (Fsp3) is 0.0200. The van der Waals surface area contributed by atoms with Crippen molar-refractivity contribution in [2.75, 3.05) is 0 Å². The van der Waals surface area contributed by atoms with Crippen LogP contribution in [-0.2, 0) is 5.41 Å². The molecule has 54 heavy (non-hydrogen) atoms. The molecule has 0 unspecified atom stereocenters. The summed E-state index contributed by atoms with van der Waals surface area (Å²) in [6.07, 6.45) is 0. The highest BCUT2D eigenvalue weighted by Crippen LogP contribution is 2.62. The summed E-state index contributed by atoms with van der Waals surface area (Å²) in [6.45, 7) is 0. The fourth-order valence-corrected chi connectivity index (χ4v) is 8.06. The van der Waals surface area contributed by atoms with Gasteiger partial charge in [-0.3, -0.25) is 0 Å². The number of furan rings is 1. The van der Waals surface area contributed by atoms with Crippen molar-refractivity contribution < 1.29 is 4.42 Å². The third-order valence-electron chi connectivity index (χ3n) is 10.4. The monoisotopic (exact) mass is 691 g/mol. The number of hydrogen-bond acceptors (Lipinski definition) is 4. The first kappa shape index (κ1) is 31.6. The average molecular weight is 692 g/mol. The van der Waals surface area contributed by atoms with Crippen molar-refractivity contribution in [3.8, 4) is 67.9 Å². The van der Waals surface area contributed by atoms with E-state index in [0.717, 1.165) is 72.7 Å². The summed E-state index contributed by atoms with van der Waals surface area (Å²) in [4.78, 5) is 15.3. The predicted octanol–water partition coefficient (Wildman–Crippen LogP) is 12.2. The standard InChI is InChI=1S/C50H33N3O/c1-7-19-34(20-8-1)45-43-41-32-31-38(49-52-47(36-23-11-3-12-24-36)51-48(53-49)37-25-13-4-14-26-37)33-42(41)50(39-27-15-5-16-28-39,40-29-17-6-18-30-40)44(43)46(54-45)35-21-9-2-10-22-35/h1-33H. The van der Waals surface area contributed by atoms with Crippen LogP contribution in [0.15, 0.2) is 205 Å². The maximum atomic E-state index is 7.13. The Morgan fingerprint density at radius 3 is 1.20 bits per heavy atom. The molecular weight excluding hydrogens is 659 g/mol. The first-order chi connectivity index (χ1) is 26.8. The van der Waals surface area contributed by atoms with Crippen molar-refractivity contribution >= 4 is 0 Å². The lowest BCUT2D eigenvalue weighted by Gasteiger charge is -2.34. The van der Waals surface area contributed by atoms with E-state index in [4.69, 9.17) is 19.4 Å². The van der Waals surface area contributed by atoms with Crippen LogP contribution >= 0.6 is 0 Å². The van der Waals surface area contributed by atoms with Gasteiger partial charge in [-0.25, -0.2) is 15.0 Å². The molecule has 0 amide bonds. The number of aromatic nitrogens is 3. The Bertz CT molecular complexity index is 2630. The van der Waals surface area contributed by atoms with Crippen LogP contribution in [0.5, 0.6) is 0 Å². The van der Waals surface area contributed by atoms with E-state index in [1.807, 2.05) is 66.7 Å². The van der Waals surface area contributed by atoms with Gasteiger partial charge >= 0.3 is 0 Å². The van der Waals surface area contributed by atoms with Crippen molar-refractivity contribution in [3.05, 3.63) is 222 Å². The summed E-state index contributed by atoms with van der Waals surface area (Å²) >= 11 is 0. The molecule has 0 atom stereocenters. The molecular formula is C50H33N3O. The van der Waals surface area contributed by atoms with E-state index in [1.165, 1.54) is 0 Å². The van der Waals surface area contributed by atoms with Gasteiger partial charge in [0, 0.05) is 38.9 Å². The van der Waals surface area contributed by atoms with Crippen LogP contribution in [0.3, 0.4) is 0 Å². The molecule has 1 aliphatic carbocycles. The van der Waals surface area contributed by atoms with Crippen LogP contribution in [0, 0.1) is 0 Å². The van der Waals surface area contributed by atoms with Crippen molar-refractivity contribution in [1.29, 1.82) is 0 Å². The molecule has 0 N–H and O–H groups in total. The molecule has 0 spiro atoms. The largest absolute Gasteiger partial charge is 0.455 e. The Hall–Kier alpha value is -7.17. The summed E-state index contributed by atoms with van der Waals surface area (Å²) in [7, 11) is 0. The highest BCUT2D eigenvalue weighted by atomic mass is 16.3. The first-order valence-corrected chi connectivity index (χ1v) is 18.2. The van der Waals surface area contributed by atoms with Crippen LogP contribution < -0.4 is 0 Å². The van der Waals surface area contributed by atoms with Crippen molar-refractivity contribution in [1.82, 2.24) is 15.0 Å². The van der Waals surface area contributed by atoms with E-state index in [9.17, 15) is 0 Å². The smallest absolute Gasteiger partial charge is 0.164 e. The summed E-state index contributed by atoms with van der Waals surface area (Å²) in [6, 6.07) is 69.6. The zero-order valence-electron chi connectivity index (χ0n) is 29.3. The third-order valence-corrected chi connectivity index (χ3v) is 10.4. The van der Waals surface area contributed by atoms with Gasteiger partial charge in [-0.2, -0.15) is 0 Å². The van der Waals surface area contributed by atoms with Gasteiger partial charge in [0.25, 0.3) is 0 Å². The molecule has 0 bridgehead atoms. The van der Waals surface area contributed by atoms with E-state index < -0.39 is 5.41 Å². The molecule has 2 aromatic heterocycles. The second kappa shape index (κ2) is 13.1. The van der Waals surface area contributed by atoms with Gasteiger partial charge in [0.15, 0.2) is 17.5 Å². The highest BCUT2D eigenvalue weighted by molar-refractivity contribution is 5.98. The SMILES string of the molecule is c1ccc(-c2nc(-c3ccccc3)nc(-c3ccc4c(c3)C(c3ccccc3)(c3ccccc3)c3c(-c5ccccc5)oc(-c5ccccc5)c3-4)n2)cc1. The summed E-state index contributed by atoms with van der Waals surface area (Å²) in [5.41, 5.74) is 10.9. The lowest BCUT2D eigenvalue weighted by molar-refractivity contribution is 0.587. The molecule has 9 aromatic rings. The predicted molar refractivity (Wildman–Crippen MR) is 217 cm³/mol.